The molecule has 1 aliphatic heterocycles. The first-order valence-electron chi connectivity index (χ1n) is 10.8. The minimum Gasteiger partial charge on any atom is -0.478 e. The van der Waals surface area contributed by atoms with Gasteiger partial charge in [0.05, 0.1) is 6.10 Å². The Morgan fingerprint density at radius 2 is 1.97 bits per heavy atom. The second kappa shape index (κ2) is 11.3. The fourth-order valence-corrected chi connectivity index (χ4v) is 5.22. The molecular weight excluding hydrogens is 390 g/mol. The van der Waals surface area contributed by atoms with Gasteiger partial charge in [0.25, 0.3) is 0 Å². The molecule has 0 aromatic rings. The van der Waals surface area contributed by atoms with Crippen LogP contribution in [0.15, 0.2) is 34.9 Å². The third kappa shape index (κ3) is 6.95. The maximum atomic E-state index is 11.1. The molecule has 2 aliphatic rings. The Bertz CT molecular complexity index is 645. The molecule has 2 fully saturated rings. The quantitative estimate of drug-likeness (QED) is 0.329. The van der Waals surface area contributed by atoms with Crippen molar-refractivity contribution in [3.05, 3.63) is 34.9 Å². The number of rotatable bonds is 9. The number of piperidine rings is 1. The van der Waals surface area contributed by atoms with Crippen molar-refractivity contribution in [3.63, 3.8) is 0 Å². The Labute approximate surface area is 179 Å². The Hall–Kier alpha value is -1.14. The highest BCUT2D eigenvalue weighted by Crippen LogP contribution is 2.46. The van der Waals surface area contributed by atoms with E-state index in [4.69, 9.17) is 21.8 Å². The topological polar surface area (TPSA) is 89.8 Å². The molecule has 1 unspecified atom stereocenters. The van der Waals surface area contributed by atoms with Crippen molar-refractivity contribution < 1.29 is 20.1 Å². The summed E-state index contributed by atoms with van der Waals surface area (Å²) >= 11 is 5.98. The maximum absolute atomic E-state index is 11.1. The van der Waals surface area contributed by atoms with Crippen LogP contribution in [0.5, 0.6) is 0 Å². The van der Waals surface area contributed by atoms with Gasteiger partial charge < -0.3 is 20.6 Å². The first-order valence-corrected chi connectivity index (χ1v) is 11.2. The highest BCUT2D eigenvalue weighted by molar-refractivity contribution is 6.29. The molecule has 5 atom stereocenters. The summed E-state index contributed by atoms with van der Waals surface area (Å²) in [4.78, 5) is 11.1. The average Bonchev–Trinajstić information content (AvgIpc) is 3.06. The first kappa shape index (κ1) is 24.1. The second-order valence-corrected chi connectivity index (χ2v) is 9.12. The van der Waals surface area contributed by atoms with Crippen molar-refractivity contribution in [3.8, 4) is 0 Å². The monoisotopic (exact) mass is 425 g/mol. The highest BCUT2D eigenvalue weighted by Gasteiger charge is 2.46. The lowest BCUT2D eigenvalue weighted by Crippen LogP contribution is -2.56. The fourth-order valence-electron chi connectivity index (χ4n) is 5.01. The van der Waals surface area contributed by atoms with E-state index in [1.807, 2.05) is 6.08 Å². The van der Waals surface area contributed by atoms with Crippen LogP contribution in [0.1, 0.15) is 65.2 Å². The van der Waals surface area contributed by atoms with Crippen LogP contribution in [0.4, 0.5) is 0 Å². The van der Waals surface area contributed by atoms with Crippen LogP contribution >= 0.6 is 11.6 Å². The van der Waals surface area contributed by atoms with Crippen molar-refractivity contribution in [1.82, 2.24) is 5.32 Å². The fraction of sp³-hybridized carbons (Fsp3) is 0.696. The second-order valence-electron chi connectivity index (χ2n) is 8.64. The predicted octanol–water partition coefficient (Wildman–Crippen LogP) is 4.15. The van der Waals surface area contributed by atoms with Crippen molar-refractivity contribution in [2.45, 2.75) is 82.9 Å². The van der Waals surface area contributed by atoms with Gasteiger partial charge in [-0.25, -0.2) is 4.79 Å². The number of hydrogen-bond donors (Lipinski definition) is 4. The number of aliphatic carboxylic acids is 1. The third-order valence-electron chi connectivity index (χ3n) is 6.51. The molecule has 0 radical (unpaired) electrons. The normalized spacial score (nSPS) is 30.8. The van der Waals surface area contributed by atoms with E-state index in [0.29, 0.717) is 34.9 Å². The van der Waals surface area contributed by atoms with Crippen LogP contribution in [0.3, 0.4) is 0 Å². The summed E-state index contributed by atoms with van der Waals surface area (Å²) in [5.41, 5.74) is 0.514. The van der Waals surface area contributed by atoms with Gasteiger partial charge in [-0.3, -0.25) is 0 Å². The summed E-state index contributed by atoms with van der Waals surface area (Å²) in [5, 5.41) is 32.5. The zero-order chi connectivity index (χ0) is 21.4. The number of aliphatic hydroxyl groups is 2. The van der Waals surface area contributed by atoms with E-state index in [1.165, 1.54) is 6.42 Å². The van der Waals surface area contributed by atoms with Gasteiger partial charge in [0.15, 0.2) is 0 Å². The Balaban J connectivity index is 2.01. The maximum Gasteiger partial charge on any atom is 0.330 e. The van der Waals surface area contributed by atoms with Crippen LogP contribution in [0.2, 0.25) is 0 Å². The molecule has 5 nitrogen and oxygen atoms in total. The molecule has 1 saturated carbocycles. The van der Waals surface area contributed by atoms with E-state index >= 15 is 0 Å². The summed E-state index contributed by atoms with van der Waals surface area (Å²) in [6.45, 7) is 3.83. The van der Waals surface area contributed by atoms with E-state index in [9.17, 15) is 9.90 Å². The molecule has 4 N–H and O–H groups in total. The van der Waals surface area contributed by atoms with E-state index < -0.39 is 12.1 Å². The number of carboxylic acids is 1. The number of allylic oxidation sites excluding steroid dienone is 1. The highest BCUT2D eigenvalue weighted by atomic mass is 35.5. The number of carboxylic acid groups (broad SMARTS) is 1. The molecule has 0 aromatic carbocycles. The zero-order valence-corrected chi connectivity index (χ0v) is 18.4. The molecule has 0 aromatic heterocycles. The summed E-state index contributed by atoms with van der Waals surface area (Å²) in [7, 11) is 0. The molecule has 1 heterocycles. The molecule has 2 rings (SSSR count). The molecule has 1 saturated heterocycles. The third-order valence-corrected chi connectivity index (χ3v) is 6.82. The molecule has 6 heteroatoms. The smallest absolute Gasteiger partial charge is 0.330 e. The largest absolute Gasteiger partial charge is 0.478 e. The summed E-state index contributed by atoms with van der Waals surface area (Å²) < 4.78 is 0. The Kier molecular flexibility index (Phi) is 9.41. The van der Waals surface area contributed by atoms with Gasteiger partial charge in [-0.15, -0.1) is 0 Å². The van der Waals surface area contributed by atoms with Gasteiger partial charge in [0.1, 0.15) is 0 Å². The van der Waals surface area contributed by atoms with Crippen LogP contribution < -0.4 is 5.32 Å². The zero-order valence-electron chi connectivity index (χ0n) is 17.6. The lowest BCUT2D eigenvalue weighted by Gasteiger charge is -2.45. The summed E-state index contributed by atoms with van der Waals surface area (Å²) in [6.07, 6.45) is 14.5. The average molecular weight is 426 g/mol. The predicted molar refractivity (Wildman–Crippen MR) is 117 cm³/mol. The van der Waals surface area contributed by atoms with Gasteiger partial charge in [-0.2, -0.15) is 0 Å². The summed E-state index contributed by atoms with van der Waals surface area (Å²) in [6, 6.07) is 0.320. The Morgan fingerprint density at radius 3 is 2.62 bits per heavy atom. The molecular formula is C23H36ClNO4. The van der Waals surface area contributed by atoms with Crippen LogP contribution in [0, 0.1) is 11.8 Å². The number of nitrogens with one attached hydrogen (secondary N) is 1. The van der Waals surface area contributed by atoms with Gasteiger partial charge in [0.2, 0.25) is 0 Å². The lowest BCUT2D eigenvalue weighted by molar-refractivity contribution is -0.132. The molecule has 29 heavy (non-hydrogen) atoms. The Morgan fingerprint density at radius 1 is 1.28 bits per heavy atom. The minimum absolute atomic E-state index is 0.0270. The van der Waals surface area contributed by atoms with Crippen molar-refractivity contribution in [1.29, 1.82) is 0 Å². The van der Waals surface area contributed by atoms with Gasteiger partial charge in [-0.1, -0.05) is 49.6 Å². The molecule has 1 spiro atoms. The van der Waals surface area contributed by atoms with E-state index in [1.54, 1.807) is 19.1 Å². The standard InChI is InChI=1S/C23H36ClNO4/c1-16(8-10-20(27)15-18(24)11-14-26)21-6-4-13-23(21)12-3-5-19(25-23)9-7-17(2)22(28)29/h7-8,10,15-16,19-21,25-27H,3-6,9,11-14H2,1-2H3,(H,28,29)/b10-8+,17-7+,18-15-/t16-,19-,20?,21-,23-/m1/s1. The summed E-state index contributed by atoms with van der Waals surface area (Å²) in [5.74, 6) is -0.0327. The van der Waals surface area contributed by atoms with Crippen molar-refractivity contribution >= 4 is 17.6 Å². The number of carbonyl (C=O) groups is 1. The molecule has 1 aliphatic carbocycles. The van der Waals surface area contributed by atoms with Gasteiger partial charge in [0, 0.05) is 35.2 Å². The van der Waals surface area contributed by atoms with E-state index in [-0.39, 0.29) is 12.1 Å². The number of aliphatic hydroxyl groups excluding tert-OH is 2. The molecule has 164 valence electrons. The lowest BCUT2D eigenvalue weighted by atomic mass is 9.72. The van der Waals surface area contributed by atoms with Crippen LogP contribution in [-0.2, 0) is 4.79 Å². The molecule has 0 bridgehead atoms. The van der Waals surface area contributed by atoms with Crippen LogP contribution in [-0.4, -0.2) is 45.6 Å². The van der Waals surface area contributed by atoms with Crippen molar-refractivity contribution in [2.75, 3.05) is 6.61 Å². The SMILES string of the molecule is C/C(=C\C[C@H]1CCC[C@]2(CCC[C@@H]2[C@H](C)/C=C/C(O)/C=C(\Cl)CCO)N1)C(=O)O. The van der Waals surface area contributed by atoms with Crippen LogP contribution in [0.25, 0.3) is 0 Å². The van der Waals surface area contributed by atoms with E-state index in [2.05, 4.69) is 18.3 Å². The number of halogens is 1. The van der Waals surface area contributed by atoms with Gasteiger partial charge in [-0.05, 0) is 56.9 Å². The molecule has 0 amide bonds. The van der Waals surface area contributed by atoms with E-state index in [0.717, 1.165) is 38.5 Å². The number of hydrogen-bond acceptors (Lipinski definition) is 4. The van der Waals surface area contributed by atoms with Crippen molar-refractivity contribution in [2.24, 2.45) is 11.8 Å². The van der Waals surface area contributed by atoms with Gasteiger partial charge >= 0.3 is 5.97 Å². The first-order chi connectivity index (χ1) is 13.8. The minimum atomic E-state index is -0.847.